The van der Waals surface area contributed by atoms with Gasteiger partial charge in [0.25, 0.3) is 0 Å². The van der Waals surface area contributed by atoms with Crippen LogP contribution in [0.2, 0.25) is 0 Å². The molecule has 1 aromatic carbocycles. The molecular weight excluding hydrogens is 373 g/mol. The van der Waals surface area contributed by atoms with Gasteiger partial charge in [-0.1, -0.05) is 12.1 Å². The van der Waals surface area contributed by atoms with E-state index in [9.17, 15) is 14.0 Å². The number of hydrogen-bond acceptors (Lipinski definition) is 4. The van der Waals surface area contributed by atoms with Crippen LogP contribution in [-0.4, -0.2) is 55.1 Å². The molecule has 3 rings (SSSR count). The van der Waals surface area contributed by atoms with E-state index < -0.39 is 0 Å². The van der Waals surface area contributed by atoms with Gasteiger partial charge >= 0.3 is 0 Å². The van der Waals surface area contributed by atoms with Crippen molar-refractivity contribution in [2.45, 2.75) is 38.5 Å². The second-order valence-corrected chi connectivity index (χ2v) is 6.95. The summed E-state index contributed by atoms with van der Waals surface area (Å²) in [6.07, 6.45) is 1.18. The number of nitrogens with zero attached hydrogens (tertiary/aromatic N) is 1. The van der Waals surface area contributed by atoms with Crippen molar-refractivity contribution in [2.75, 3.05) is 26.2 Å². The summed E-state index contributed by atoms with van der Waals surface area (Å²) in [5.74, 6) is -0.326. The van der Waals surface area contributed by atoms with Gasteiger partial charge in [0.1, 0.15) is 11.9 Å². The summed E-state index contributed by atoms with van der Waals surface area (Å²) in [6, 6.07) is 5.80. The lowest BCUT2D eigenvalue weighted by molar-refractivity contribution is -0.142. The van der Waals surface area contributed by atoms with Crippen LogP contribution in [0.3, 0.4) is 0 Å². The zero-order chi connectivity index (χ0) is 18.5. The Morgan fingerprint density at radius 3 is 2.56 bits per heavy atom. The van der Waals surface area contributed by atoms with Crippen LogP contribution in [0.25, 0.3) is 0 Å². The number of benzene rings is 1. The first-order valence-corrected chi connectivity index (χ1v) is 9.20. The number of nitrogens with one attached hydrogen (secondary N) is 2. The number of amides is 2. The molecule has 2 saturated heterocycles. The molecule has 0 spiro atoms. The number of ether oxygens (including phenoxy) is 1. The second kappa shape index (κ2) is 10.0. The molecule has 2 aliphatic rings. The van der Waals surface area contributed by atoms with Crippen molar-refractivity contribution < 1.29 is 18.7 Å². The van der Waals surface area contributed by atoms with Crippen LogP contribution >= 0.6 is 12.4 Å². The van der Waals surface area contributed by atoms with Crippen molar-refractivity contribution in [1.29, 1.82) is 0 Å². The summed E-state index contributed by atoms with van der Waals surface area (Å²) in [5, 5.41) is 6.13. The first-order valence-electron chi connectivity index (χ1n) is 9.20. The van der Waals surface area contributed by atoms with Crippen molar-refractivity contribution in [3.63, 3.8) is 0 Å². The van der Waals surface area contributed by atoms with Gasteiger partial charge in [0.05, 0.1) is 12.7 Å². The maximum absolute atomic E-state index is 12.9. The van der Waals surface area contributed by atoms with Crippen molar-refractivity contribution in [2.24, 2.45) is 5.92 Å². The highest BCUT2D eigenvalue weighted by Crippen LogP contribution is 2.19. The van der Waals surface area contributed by atoms with Crippen molar-refractivity contribution in [1.82, 2.24) is 15.5 Å². The minimum absolute atomic E-state index is 0. The number of likely N-dealkylation sites (tertiary alicyclic amines) is 1. The lowest BCUT2D eigenvalue weighted by atomic mass is 9.95. The predicted octanol–water partition coefficient (Wildman–Crippen LogP) is 1.48. The van der Waals surface area contributed by atoms with Crippen molar-refractivity contribution in [3.05, 3.63) is 35.6 Å². The molecule has 2 aliphatic heterocycles. The molecule has 6 nitrogen and oxygen atoms in total. The van der Waals surface area contributed by atoms with Gasteiger partial charge in [0.2, 0.25) is 11.8 Å². The molecule has 2 amide bonds. The first-order chi connectivity index (χ1) is 12.5. The molecular formula is C19H27ClFN3O3. The molecule has 0 aliphatic carbocycles. The number of hydrogen-bond donors (Lipinski definition) is 2. The number of piperidine rings is 1. The minimum atomic E-state index is -0.299. The van der Waals surface area contributed by atoms with Gasteiger partial charge in [0.15, 0.2) is 0 Å². The molecule has 0 unspecified atom stereocenters. The summed E-state index contributed by atoms with van der Waals surface area (Å²) in [7, 11) is 0. The summed E-state index contributed by atoms with van der Waals surface area (Å²) in [6.45, 7) is 4.77. The Bertz CT molecular complexity index is 636. The minimum Gasteiger partial charge on any atom is -0.375 e. The zero-order valence-corrected chi connectivity index (χ0v) is 16.3. The Morgan fingerprint density at radius 2 is 1.93 bits per heavy atom. The van der Waals surface area contributed by atoms with E-state index in [0.29, 0.717) is 45.6 Å². The van der Waals surface area contributed by atoms with Crippen LogP contribution in [0.15, 0.2) is 24.3 Å². The number of halogens is 2. The average Bonchev–Trinajstić information content (AvgIpc) is 2.67. The molecule has 0 radical (unpaired) electrons. The third-order valence-electron chi connectivity index (χ3n) is 5.14. The fourth-order valence-electron chi connectivity index (χ4n) is 3.50. The quantitative estimate of drug-likeness (QED) is 0.804. The van der Waals surface area contributed by atoms with Crippen LogP contribution in [0.1, 0.15) is 25.3 Å². The van der Waals surface area contributed by atoms with E-state index in [1.807, 2.05) is 11.8 Å². The fourth-order valence-corrected chi connectivity index (χ4v) is 3.50. The predicted molar refractivity (Wildman–Crippen MR) is 102 cm³/mol. The molecule has 0 saturated carbocycles. The number of carbonyl (C=O) groups is 2. The van der Waals surface area contributed by atoms with Gasteiger partial charge in [-0.25, -0.2) is 4.39 Å². The Morgan fingerprint density at radius 1 is 1.26 bits per heavy atom. The third kappa shape index (κ3) is 5.64. The van der Waals surface area contributed by atoms with Crippen LogP contribution < -0.4 is 10.6 Å². The van der Waals surface area contributed by atoms with Crippen LogP contribution in [0.4, 0.5) is 4.39 Å². The molecule has 1 aromatic rings. The van der Waals surface area contributed by atoms with Crippen LogP contribution in [0, 0.1) is 11.7 Å². The number of rotatable bonds is 4. The molecule has 2 N–H and O–H groups in total. The van der Waals surface area contributed by atoms with Gasteiger partial charge in [0, 0.05) is 32.1 Å². The van der Waals surface area contributed by atoms with E-state index in [2.05, 4.69) is 10.6 Å². The normalized spacial score (nSPS) is 23.4. The van der Waals surface area contributed by atoms with Crippen molar-refractivity contribution in [3.8, 4) is 0 Å². The average molecular weight is 400 g/mol. The lowest BCUT2D eigenvalue weighted by Crippen LogP contribution is -2.57. The molecule has 2 atom stereocenters. The Balaban J connectivity index is 0.00000261. The highest BCUT2D eigenvalue weighted by atomic mass is 35.5. The topological polar surface area (TPSA) is 70.7 Å². The van der Waals surface area contributed by atoms with Gasteiger partial charge < -0.3 is 20.3 Å². The highest BCUT2D eigenvalue weighted by molar-refractivity contribution is 5.85. The summed E-state index contributed by atoms with van der Waals surface area (Å²) in [5.41, 5.74) is 0.865. The summed E-state index contributed by atoms with van der Waals surface area (Å²) < 4.78 is 18.5. The van der Waals surface area contributed by atoms with Crippen LogP contribution in [0.5, 0.6) is 0 Å². The summed E-state index contributed by atoms with van der Waals surface area (Å²) in [4.78, 5) is 26.8. The molecule has 0 bridgehead atoms. The zero-order valence-electron chi connectivity index (χ0n) is 15.4. The standard InChI is InChI=1S/C19H26FN3O3.ClH/c1-13-17(21-8-11-26-13)19(25)23-9-6-15(7-10-23)18(24)22-12-14-2-4-16(20)5-3-14;/h2-5,13,15,17,21H,6-12H2,1H3,(H,22,24);1H/t13-,17+;/m1./s1. The van der Waals surface area contributed by atoms with Crippen molar-refractivity contribution >= 4 is 24.2 Å². The van der Waals surface area contributed by atoms with E-state index in [-0.39, 0.29) is 48.1 Å². The Hall–Kier alpha value is -1.70. The van der Waals surface area contributed by atoms with Gasteiger partial charge in [-0.15, -0.1) is 12.4 Å². The molecule has 8 heteroatoms. The second-order valence-electron chi connectivity index (χ2n) is 6.95. The van der Waals surface area contributed by atoms with E-state index in [1.54, 1.807) is 12.1 Å². The van der Waals surface area contributed by atoms with Gasteiger partial charge in [-0.3, -0.25) is 9.59 Å². The van der Waals surface area contributed by atoms with Gasteiger partial charge in [-0.05, 0) is 37.5 Å². The maximum Gasteiger partial charge on any atom is 0.242 e. The molecule has 2 fully saturated rings. The molecule has 0 aromatic heterocycles. The smallest absolute Gasteiger partial charge is 0.242 e. The highest BCUT2D eigenvalue weighted by Gasteiger charge is 2.34. The molecule has 150 valence electrons. The monoisotopic (exact) mass is 399 g/mol. The molecule has 27 heavy (non-hydrogen) atoms. The molecule has 2 heterocycles. The third-order valence-corrected chi connectivity index (χ3v) is 5.14. The number of carbonyl (C=O) groups excluding carboxylic acids is 2. The Kier molecular flexibility index (Phi) is 8.01. The largest absolute Gasteiger partial charge is 0.375 e. The van der Waals surface area contributed by atoms with E-state index in [0.717, 1.165) is 5.56 Å². The summed E-state index contributed by atoms with van der Waals surface area (Å²) >= 11 is 0. The maximum atomic E-state index is 12.9. The lowest BCUT2D eigenvalue weighted by Gasteiger charge is -2.37. The fraction of sp³-hybridized carbons (Fsp3) is 0.579. The number of morpholine rings is 1. The van der Waals surface area contributed by atoms with E-state index >= 15 is 0 Å². The van der Waals surface area contributed by atoms with Crippen LogP contribution in [-0.2, 0) is 20.9 Å². The Labute approximate surface area is 165 Å². The SMILES string of the molecule is C[C@H]1OCCN[C@@H]1C(=O)N1CCC(C(=O)NCc2ccc(F)cc2)CC1.Cl. The first kappa shape index (κ1) is 21.6. The van der Waals surface area contributed by atoms with E-state index in [4.69, 9.17) is 4.74 Å². The van der Waals surface area contributed by atoms with Gasteiger partial charge in [-0.2, -0.15) is 0 Å². The van der Waals surface area contributed by atoms with E-state index in [1.165, 1.54) is 12.1 Å².